The third kappa shape index (κ3) is 3.80. The van der Waals surface area contributed by atoms with Crippen LogP contribution in [0.25, 0.3) is 0 Å². The van der Waals surface area contributed by atoms with Crippen molar-refractivity contribution in [1.29, 1.82) is 0 Å². The zero-order valence-electron chi connectivity index (χ0n) is 11.7. The van der Waals surface area contributed by atoms with Gasteiger partial charge in [0, 0.05) is 0 Å². The summed E-state index contributed by atoms with van der Waals surface area (Å²) < 4.78 is 5.95. The Morgan fingerprint density at radius 2 is 2.00 bits per heavy atom. The maximum Gasteiger partial charge on any atom is 0.335 e. The van der Waals surface area contributed by atoms with Gasteiger partial charge >= 0.3 is 5.97 Å². The van der Waals surface area contributed by atoms with Crippen molar-refractivity contribution >= 4 is 5.97 Å². The van der Waals surface area contributed by atoms with Gasteiger partial charge in [-0.25, -0.2) is 4.79 Å². The van der Waals surface area contributed by atoms with E-state index in [1.165, 1.54) is 12.8 Å². The summed E-state index contributed by atoms with van der Waals surface area (Å²) in [6.45, 7) is 4.82. The zero-order valence-corrected chi connectivity index (χ0v) is 11.7. The Hall–Kier alpha value is -1.35. The molecule has 19 heavy (non-hydrogen) atoms. The predicted octanol–water partition coefficient (Wildman–Crippen LogP) is 3.79. The molecule has 1 N–H and O–H groups in total. The lowest BCUT2D eigenvalue weighted by molar-refractivity contribution is 0.00855. The first-order chi connectivity index (χ1) is 9.06. The molecule has 0 spiro atoms. The van der Waals surface area contributed by atoms with Crippen LogP contribution in [0.4, 0.5) is 0 Å². The maximum atomic E-state index is 10.9. The number of aromatic carboxylic acids is 1. The van der Waals surface area contributed by atoms with E-state index < -0.39 is 5.97 Å². The molecular formula is C16H22O3. The number of carboxylic acids is 1. The average molecular weight is 262 g/mol. The second-order valence-corrected chi connectivity index (χ2v) is 5.64. The van der Waals surface area contributed by atoms with Crippen LogP contribution < -0.4 is 0 Å². The number of benzene rings is 1. The van der Waals surface area contributed by atoms with Gasteiger partial charge in [0.05, 0.1) is 18.3 Å². The molecule has 0 amide bonds. The average Bonchev–Trinajstić information content (AvgIpc) is 2.39. The first-order valence-corrected chi connectivity index (χ1v) is 7.00. The smallest absolute Gasteiger partial charge is 0.335 e. The van der Waals surface area contributed by atoms with E-state index in [-0.39, 0.29) is 0 Å². The van der Waals surface area contributed by atoms with Crippen LogP contribution in [0.15, 0.2) is 18.2 Å². The summed E-state index contributed by atoms with van der Waals surface area (Å²) in [5, 5.41) is 8.93. The Morgan fingerprint density at radius 1 is 1.32 bits per heavy atom. The van der Waals surface area contributed by atoms with Crippen LogP contribution in [0.5, 0.6) is 0 Å². The molecule has 0 aliphatic heterocycles. The third-order valence-corrected chi connectivity index (χ3v) is 4.03. The van der Waals surface area contributed by atoms with Crippen molar-refractivity contribution in [3.05, 3.63) is 34.9 Å². The van der Waals surface area contributed by atoms with Gasteiger partial charge in [-0.15, -0.1) is 0 Å². The topological polar surface area (TPSA) is 46.5 Å². The van der Waals surface area contributed by atoms with Crippen LogP contribution in [0.1, 0.15) is 54.1 Å². The number of rotatable bonds is 4. The monoisotopic (exact) mass is 262 g/mol. The molecule has 0 saturated heterocycles. The highest BCUT2D eigenvalue weighted by molar-refractivity contribution is 5.87. The van der Waals surface area contributed by atoms with Crippen LogP contribution in [0, 0.1) is 12.8 Å². The first kappa shape index (κ1) is 14.1. The molecule has 0 heterocycles. The van der Waals surface area contributed by atoms with Gasteiger partial charge in [-0.05, 0) is 61.8 Å². The van der Waals surface area contributed by atoms with Crippen LogP contribution in [-0.4, -0.2) is 17.2 Å². The predicted molar refractivity (Wildman–Crippen MR) is 74.3 cm³/mol. The van der Waals surface area contributed by atoms with Gasteiger partial charge in [0.1, 0.15) is 0 Å². The van der Waals surface area contributed by atoms with Crippen molar-refractivity contribution in [2.24, 2.45) is 5.92 Å². The fraction of sp³-hybridized carbons (Fsp3) is 0.562. The molecule has 0 bridgehead atoms. The summed E-state index contributed by atoms with van der Waals surface area (Å²) in [4.78, 5) is 10.9. The summed E-state index contributed by atoms with van der Waals surface area (Å²) in [5.74, 6) is -0.0479. The normalized spacial score (nSPS) is 23.3. The molecule has 0 unspecified atom stereocenters. The second-order valence-electron chi connectivity index (χ2n) is 5.64. The standard InChI is InChI=1S/C16H22O3/c1-11-3-7-15(8-4-11)19-10-14-6-5-13(16(17)18)9-12(14)2/h5-6,9,11,15H,3-4,7-8,10H2,1-2H3,(H,17,18). The fourth-order valence-corrected chi connectivity index (χ4v) is 2.59. The highest BCUT2D eigenvalue weighted by atomic mass is 16.5. The Kier molecular flexibility index (Phi) is 4.59. The van der Waals surface area contributed by atoms with E-state index in [0.717, 1.165) is 29.9 Å². The molecule has 104 valence electrons. The summed E-state index contributed by atoms with van der Waals surface area (Å²) in [6, 6.07) is 5.23. The van der Waals surface area contributed by atoms with Gasteiger partial charge in [-0.3, -0.25) is 0 Å². The van der Waals surface area contributed by atoms with E-state index in [0.29, 0.717) is 18.3 Å². The number of hydrogen-bond acceptors (Lipinski definition) is 2. The lowest BCUT2D eigenvalue weighted by Crippen LogP contribution is -2.20. The van der Waals surface area contributed by atoms with E-state index in [4.69, 9.17) is 9.84 Å². The molecule has 1 aliphatic carbocycles. The minimum absolute atomic E-state index is 0.341. The van der Waals surface area contributed by atoms with Crippen molar-refractivity contribution in [2.45, 2.75) is 52.2 Å². The van der Waals surface area contributed by atoms with Crippen molar-refractivity contribution in [3.8, 4) is 0 Å². The van der Waals surface area contributed by atoms with Crippen LogP contribution in [0.2, 0.25) is 0 Å². The van der Waals surface area contributed by atoms with Gasteiger partial charge in [-0.1, -0.05) is 13.0 Å². The molecule has 1 aromatic carbocycles. The van der Waals surface area contributed by atoms with E-state index in [1.807, 2.05) is 13.0 Å². The molecule has 1 fully saturated rings. The quantitative estimate of drug-likeness (QED) is 0.898. The lowest BCUT2D eigenvalue weighted by atomic mass is 9.89. The highest BCUT2D eigenvalue weighted by Crippen LogP contribution is 2.26. The summed E-state index contributed by atoms with van der Waals surface area (Å²) in [7, 11) is 0. The molecule has 3 heteroatoms. The molecule has 1 aliphatic rings. The molecule has 1 saturated carbocycles. The second kappa shape index (κ2) is 6.20. The Labute approximate surface area is 114 Å². The molecule has 0 radical (unpaired) electrons. The Morgan fingerprint density at radius 3 is 2.58 bits per heavy atom. The molecule has 0 atom stereocenters. The minimum atomic E-state index is -0.878. The zero-order chi connectivity index (χ0) is 13.8. The van der Waals surface area contributed by atoms with Crippen molar-refractivity contribution in [3.63, 3.8) is 0 Å². The fourth-order valence-electron chi connectivity index (χ4n) is 2.59. The summed E-state index contributed by atoms with van der Waals surface area (Å²) >= 11 is 0. The van der Waals surface area contributed by atoms with Crippen molar-refractivity contribution in [1.82, 2.24) is 0 Å². The number of carbonyl (C=O) groups is 1. The highest BCUT2D eigenvalue weighted by Gasteiger charge is 2.18. The van der Waals surface area contributed by atoms with Crippen LogP contribution in [-0.2, 0) is 11.3 Å². The van der Waals surface area contributed by atoms with Crippen molar-refractivity contribution in [2.75, 3.05) is 0 Å². The van der Waals surface area contributed by atoms with E-state index in [2.05, 4.69) is 6.92 Å². The first-order valence-electron chi connectivity index (χ1n) is 7.00. The molecule has 3 nitrogen and oxygen atoms in total. The molecule has 0 aromatic heterocycles. The van der Waals surface area contributed by atoms with Gasteiger partial charge in [-0.2, -0.15) is 0 Å². The molecule has 2 rings (SSSR count). The van der Waals surface area contributed by atoms with Gasteiger partial charge in [0.2, 0.25) is 0 Å². The van der Waals surface area contributed by atoms with E-state index >= 15 is 0 Å². The van der Waals surface area contributed by atoms with E-state index in [9.17, 15) is 4.79 Å². The number of carboxylic acid groups (broad SMARTS) is 1. The van der Waals surface area contributed by atoms with Gasteiger partial charge < -0.3 is 9.84 Å². The molecular weight excluding hydrogens is 240 g/mol. The Balaban J connectivity index is 1.91. The maximum absolute atomic E-state index is 10.9. The number of aryl methyl sites for hydroxylation is 1. The Bertz CT molecular complexity index is 445. The minimum Gasteiger partial charge on any atom is -0.478 e. The SMILES string of the molecule is Cc1cc(C(=O)O)ccc1COC1CCC(C)CC1. The van der Waals surface area contributed by atoms with Crippen molar-refractivity contribution < 1.29 is 14.6 Å². The number of ether oxygens (including phenoxy) is 1. The largest absolute Gasteiger partial charge is 0.478 e. The van der Waals surface area contributed by atoms with Crippen LogP contribution >= 0.6 is 0 Å². The third-order valence-electron chi connectivity index (χ3n) is 4.03. The van der Waals surface area contributed by atoms with Gasteiger partial charge in [0.25, 0.3) is 0 Å². The summed E-state index contributed by atoms with van der Waals surface area (Å²) in [6.07, 6.45) is 5.17. The van der Waals surface area contributed by atoms with Crippen LogP contribution in [0.3, 0.4) is 0 Å². The summed E-state index contributed by atoms with van der Waals surface area (Å²) in [5.41, 5.74) is 2.42. The van der Waals surface area contributed by atoms with E-state index in [1.54, 1.807) is 12.1 Å². The molecule has 1 aromatic rings. The lowest BCUT2D eigenvalue weighted by Gasteiger charge is -2.26. The van der Waals surface area contributed by atoms with Gasteiger partial charge in [0.15, 0.2) is 0 Å². The number of hydrogen-bond donors (Lipinski definition) is 1.